The van der Waals surface area contributed by atoms with Crippen molar-refractivity contribution in [2.75, 3.05) is 19.6 Å². The van der Waals surface area contributed by atoms with Gasteiger partial charge >= 0.3 is 5.97 Å². The molecule has 0 aliphatic carbocycles. The minimum Gasteiger partial charge on any atom is -0.480 e. The Morgan fingerprint density at radius 1 is 1.55 bits per heavy atom. The molecule has 0 saturated carbocycles. The Labute approximate surface area is 67.3 Å². The first-order chi connectivity index (χ1) is 5.06. The van der Waals surface area contributed by atoms with Gasteiger partial charge in [0.2, 0.25) is 0 Å². The third-order valence-corrected chi connectivity index (χ3v) is 1.30. The zero-order valence-corrected chi connectivity index (χ0v) is 7.13. The molecule has 0 heterocycles. The number of carboxylic acids is 1. The van der Waals surface area contributed by atoms with Crippen molar-refractivity contribution in [3.05, 3.63) is 12.2 Å². The molecule has 0 aliphatic heterocycles. The van der Waals surface area contributed by atoms with E-state index in [2.05, 4.69) is 6.58 Å². The summed E-state index contributed by atoms with van der Waals surface area (Å²) in [5.74, 6) is -0.784. The van der Waals surface area contributed by atoms with Crippen molar-refractivity contribution in [1.82, 2.24) is 4.90 Å². The van der Waals surface area contributed by atoms with Crippen LogP contribution in [0.25, 0.3) is 0 Å². The van der Waals surface area contributed by atoms with Gasteiger partial charge in [-0.25, -0.2) is 0 Å². The van der Waals surface area contributed by atoms with E-state index in [9.17, 15) is 4.79 Å². The van der Waals surface area contributed by atoms with Crippen molar-refractivity contribution in [3.63, 3.8) is 0 Å². The molecule has 0 bridgehead atoms. The van der Waals surface area contributed by atoms with E-state index >= 15 is 0 Å². The third kappa shape index (κ3) is 5.61. The van der Waals surface area contributed by atoms with E-state index < -0.39 is 5.97 Å². The van der Waals surface area contributed by atoms with E-state index in [0.29, 0.717) is 6.54 Å². The van der Waals surface area contributed by atoms with E-state index in [4.69, 9.17) is 5.11 Å². The summed E-state index contributed by atoms with van der Waals surface area (Å²) < 4.78 is 0. The van der Waals surface area contributed by atoms with E-state index in [1.54, 1.807) is 0 Å². The first-order valence-corrected chi connectivity index (χ1v) is 3.64. The maximum absolute atomic E-state index is 10.3. The van der Waals surface area contributed by atoms with Crippen LogP contribution in [0.5, 0.6) is 0 Å². The molecule has 0 atom stereocenters. The average molecular weight is 157 g/mol. The first kappa shape index (κ1) is 10.2. The van der Waals surface area contributed by atoms with Gasteiger partial charge in [-0.2, -0.15) is 0 Å². The smallest absolute Gasteiger partial charge is 0.317 e. The number of likely N-dealkylation sites (N-methyl/N-ethyl adjacent to an activating group) is 1. The van der Waals surface area contributed by atoms with Gasteiger partial charge in [0.25, 0.3) is 0 Å². The Hall–Kier alpha value is -0.830. The SMILES string of the molecule is C=C(C)CN(CC)CC(=O)O. The second-order valence-electron chi connectivity index (χ2n) is 2.65. The molecule has 0 fully saturated rings. The second kappa shape index (κ2) is 4.91. The van der Waals surface area contributed by atoms with Gasteiger partial charge in [0.15, 0.2) is 0 Å². The minimum atomic E-state index is -0.784. The third-order valence-electron chi connectivity index (χ3n) is 1.30. The molecule has 11 heavy (non-hydrogen) atoms. The molecule has 0 aromatic heterocycles. The molecule has 0 rings (SSSR count). The number of hydrogen-bond donors (Lipinski definition) is 1. The van der Waals surface area contributed by atoms with Crippen molar-refractivity contribution in [2.45, 2.75) is 13.8 Å². The van der Waals surface area contributed by atoms with Crippen LogP contribution < -0.4 is 0 Å². The molecule has 0 saturated heterocycles. The summed E-state index contributed by atoms with van der Waals surface area (Å²) in [5.41, 5.74) is 0.994. The second-order valence-corrected chi connectivity index (χ2v) is 2.65. The molecule has 3 heteroatoms. The average Bonchev–Trinajstić information content (AvgIpc) is 1.84. The number of rotatable bonds is 5. The van der Waals surface area contributed by atoms with E-state index in [1.165, 1.54) is 0 Å². The van der Waals surface area contributed by atoms with Gasteiger partial charge < -0.3 is 5.11 Å². The fourth-order valence-electron chi connectivity index (χ4n) is 0.853. The Kier molecular flexibility index (Phi) is 4.54. The summed E-state index contributed by atoms with van der Waals surface area (Å²) in [6.45, 7) is 9.06. The van der Waals surface area contributed by atoms with Crippen molar-refractivity contribution in [1.29, 1.82) is 0 Å². The Bertz CT molecular complexity index is 138. The van der Waals surface area contributed by atoms with Gasteiger partial charge in [0.05, 0.1) is 6.54 Å². The molecule has 0 amide bonds. The first-order valence-electron chi connectivity index (χ1n) is 3.64. The van der Waals surface area contributed by atoms with Crippen LogP contribution in [0.3, 0.4) is 0 Å². The van der Waals surface area contributed by atoms with Crippen LogP contribution in [0.15, 0.2) is 12.2 Å². The molecular weight excluding hydrogens is 142 g/mol. The number of nitrogens with zero attached hydrogens (tertiary/aromatic N) is 1. The fourth-order valence-corrected chi connectivity index (χ4v) is 0.853. The van der Waals surface area contributed by atoms with Crippen molar-refractivity contribution in [3.8, 4) is 0 Å². The van der Waals surface area contributed by atoms with Crippen LogP contribution in [-0.2, 0) is 4.79 Å². The Morgan fingerprint density at radius 3 is 2.36 bits per heavy atom. The van der Waals surface area contributed by atoms with Crippen LogP contribution in [-0.4, -0.2) is 35.6 Å². The number of aliphatic carboxylic acids is 1. The molecule has 0 unspecified atom stereocenters. The van der Waals surface area contributed by atoms with Gasteiger partial charge in [-0.15, -0.1) is 0 Å². The van der Waals surface area contributed by atoms with E-state index in [1.807, 2.05) is 18.7 Å². The molecular formula is C8H15NO2. The van der Waals surface area contributed by atoms with E-state index in [0.717, 1.165) is 12.1 Å². The molecule has 1 N–H and O–H groups in total. The van der Waals surface area contributed by atoms with Crippen LogP contribution in [0.1, 0.15) is 13.8 Å². The summed E-state index contributed by atoms with van der Waals surface area (Å²) in [6.07, 6.45) is 0. The Balaban J connectivity index is 3.76. The molecule has 0 radical (unpaired) electrons. The highest BCUT2D eigenvalue weighted by Crippen LogP contribution is 1.94. The van der Waals surface area contributed by atoms with Crippen LogP contribution in [0, 0.1) is 0 Å². The molecule has 3 nitrogen and oxygen atoms in total. The fraction of sp³-hybridized carbons (Fsp3) is 0.625. The van der Waals surface area contributed by atoms with Crippen LogP contribution >= 0.6 is 0 Å². The number of carboxylic acid groups (broad SMARTS) is 1. The largest absolute Gasteiger partial charge is 0.480 e. The predicted molar refractivity (Wildman–Crippen MR) is 44.6 cm³/mol. The van der Waals surface area contributed by atoms with Crippen molar-refractivity contribution >= 4 is 5.97 Å². The highest BCUT2D eigenvalue weighted by atomic mass is 16.4. The highest BCUT2D eigenvalue weighted by Gasteiger charge is 2.05. The van der Waals surface area contributed by atoms with Gasteiger partial charge in [0, 0.05) is 6.54 Å². The van der Waals surface area contributed by atoms with Gasteiger partial charge in [-0.3, -0.25) is 9.69 Å². The zero-order valence-electron chi connectivity index (χ0n) is 7.13. The lowest BCUT2D eigenvalue weighted by Gasteiger charge is -2.17. The Morgan fingerprint density at radius 2 is 2.09 bits per heavy atom. The molecule has 0 spiro atoms. The summed E-state index contributed by atoms with van der Waals surface area (Å²) in [7, 11) is 0. The summed E-state index contributed by atoms with van der Waals surface area (Å²) in [6, 6.07) is 0. The normalized spacial score (nSPS) is 10.1. The zero-order chi connectivity index (χ0) is 8.85. The monoisotopic (exact) mass is 157 g/mol. The van der Waals surface area contributed by atoms with Crippen LogP contribution in [0.4, 0.5) is 0 Å². The maximum atomic E-state index is 10.3. The standard InChI is InChI=1S/C8H15NO2/c1-4-9(5-7(2)3)6-8(10)11/h2,4-6H2,1,3H3,(H,10,11). The van der Waals surface area contributed by atoms with Gasteiger partial charge in [0.1, 0.15) is 0 Å². The lowest BCUT2D eigenvalue weighted by molar-refractivity contribution is -0.138. The number of carbonyl (C=O) groups is 1. The molecule has 0 aliphatic rings. The topological polar surface area (TPSA) is 40.5 Å². The minimum absolute atomic E-state index is 0.101. The lowest BCUT2D eigenvalue weighted by Crippen LogP contribution is -2.30. The summed E-state index contributed by atoms with van der Waals surface area (Å²) >= 11 is 0. The quantitative estimate of drug-likeness (QED) is 0.604. The van der Waals surface area contributed by atoms with Gasteiger partial charge in [-0.1, -0.05) is 19.1 Å². The molecule has 0 aromatic carbocycles. The highest BCUT2D eigenvalue weighted by molar-refractivity contribution is 5.69. The van der Waals surface area contributed by atoms with Gasteiger partial charge in [-0.05, 0) is 13.5 Å². The van der Waals surface area contributed by atoms with E-state index in [-0.39, 0.29) is 6.54 Å². The maximum Gasteiger partial charge on any atom is 0.317 e. The van der Waals surface area contributed by atoms with Crippen molar-refractivity contribution in [2.24, 2.45) is 0 Å². The summed E-state index contributed by atoms with van der Waals surface area (Å²) in [4.78, 5) is 12.1. The lowest BCUT2D eigenvalue weighted by atomic mass is 10.3. The molecule has 0 aromatic rings. The predicted octanol–water partition coefficient (Wildman–Crippen LogP) is 0.969. The number of hydrogen-bond acceptors (Lipinski definition) is 2. The molecule has 64 valence electrons. The van der Waals surface area contributed by atoms with Crippen LogP contribution in [0.2, 0.25) is 0 Å². The van der Waals surface area contributed by atoms with Crippen molar-refractivity contribution < 1.29 is 9.90 Å². The summed E-state index contributed by atoms with van der Waals surface area (Å²) in [5, 5.41) is 8.46.